The average molecular weight is 250 g/mol. The Labute approximate surface area is 110 Å². The Morgan fingerprint density at radius 2 is 2.22 bits per heavy atom. The molecule has 4 nitrogen and oxygen atoms in total. The Bertz CT molecular complexity index is 385. The van der Waals surface area contributed by atoms with E-state index in [-0.39, 0.29) is 0 Å². The highest BCUT2D eigenvalue weighted by Gasteiger charge is 2.25. The lowest BCUT2D eigenvalue weighted by atomic mass is 9.90. The molecule has 0 aliphatic carbocycles. The second-order valence-corrected chi connectivity index (χ2v) is 5.45. The van der Waals surface area contributed by atoms with Gasteiger partial charge in [-0.2, -0.15) is 5.10 Å². The minimum absolute atomic E-state index is 0.393. The largest absolute Gasteiger partial charge is 0.327 e. The van der Waals surface area contributed by atoms with Crippen molar-refractivity contribution in [2.24, 2.45) is 11.7 Å². The Hall–Kier alpha value is -0.870. The highest BCUT2D eigenvalue weighted by atomic mass is 15.3. The number of likely N-dealkylation sites (tertiary alicyclic amines) is 1. The standard InChI is InChI=1S/C14H26N4/c1-4-12-9-17(7-6-14(12)15)10-13-8-11(3)16-18(13)5-2/h8,12,14H,4-7,9-10,15H2,1-3H3. The molecule has 2 rings (SSSR count). The van der Waals surface area contributed by atoms with E-state index < -0.39 is 0 Å². The molecule has 4 heteroatoms. The SMILES string of the molecule is CCC1CN(Cc2cc(C)nn2CC)CCC1N. The zero-order valence-electron chi connectivity index (χ0n) is 11.9. The van der Waals surface area contributed by atoms with E-state index >= 15 is 0 Å². The van der Waals surface area contributed by atoms with Crippen LogP contribution in [0.15, 0.2) is 6.07 Å². The smallest absolute Gasteiger partial charge is 0.0597 e. The molecule has 0 aromatic carbocycles. The second-order valence-electron chi connectivity index (χ2n) is 5.45. The van der Waals surface area contributed by atoms with E-state index in [0.717, 1.165) is 38.3 Å². The van der Waals surface area contributed by atoms with E-state index in [1.54, 1.807) is 0 Å². The number of piperidine rings is 1. The van der Waals surface area contributed by atoms with Gasteiger partial charge in [0.05, 0.1) is 11.4 Å². The zero-order chi connectivity index (χ0) is 13.1. The zero-order valence-corrected chi connectivity index (χ0v) is 11.9. The third kappa shape index (κ3) is 2.93. The van der Waals surface area contributed by atoms with Crippen molar-refractivity contribution in [1.82, 2.24) is 14.7 Å². The summed E-state index contributed by atoms with van der Waals surface area (Å²) in [6, 6.07) is 2.60. The van der Waals surface area contributed by atoms with E-state index in [1.807, 2.05) is 0 Å². The fourth-order valence-corrected chi connectivity index (χ4v) is 2.93. The van der Waals surface area contributed by atoms with Crippen molar-refractivity contribution < 1.29 is 0 Å². The number of hydrogen-bond donors (Lipinski definition) is 1. The molecule has 2 atom stereocenters. The summed E-state index contributed by atoms with van der Waals surface area (Å²) in [6.45, 7) is 10.7. The highest BCUT2D eigenvalue weighted by Crippen LogP contribution is 2.20. The molecule has 2 unspecified atom stereocenters. The van der Waals surface area contributed by atoms with Gasteiger partial charge < -0.3 is 5.73 Å². The molecule has 1 saturated heterocycles. The molecule has 0 spiro atoms. The van der Waals surface area contributed by atoms with Gasteiger partial charge in [0.15, 0.2) is 0 Å². The third-order valence-electron chi connectivity index (χ3n) is 4.07. The van der Waals surface area contributed by atoms with Gasteiger partial charge in [-0.15, -0.1) is 0 Å². The monoisotopic (exact) mass is 250 g/mol. The number of rotatable bonds is 4. The molecule has 102 valence electrons. The molecule has 18 heavy (non-hydrogen) atoms. The van der Waals surface area contributed by atoms with Crippen LogP contribution in [0.5, 0.6) is 0 Å². The van der Waals surface area contributed by atoms with Gasteiger partial charge in [-0.3, -0.25) is 9.58 Å². The lowest BCUT2D eigenvalue weighted by Crippen LogP contribution is -2.46. The Balaban J connectivity index is 2.00. The molecular weight excluding hydrogens is 224 g/mol. The van der Waals surface area contributed by atoms with Crippen LogP contribution in [0.3, 0.4) is 0 Å². The normalized spacial score (nSPS) is 25.6. The van der Waals surface area contributed by atoms with Crippen LogP contribution >= 0.6 is 0 Å². The van der Waals surface area contributed by atoms with Gasteiger partial charge in [0.2, 0.25) is 0 Å². The van der Waals surface area contributed by atoms with Gasteiger partial charge in [-0.05, 0) is 32.3 Å². The minimum Gasteiger partial charge on any atom is -0.327 e. The maximum absolute atomic E-state index is 6.16. The maximum Gasteiger partial charge on any atom is 0.0597 e. The summed E-state index contributed by atoms with van der Waals surface area (Å²) < 4.78 is 2.12. The first kappa shape index (κ1) is 13.6. The van der Waals surface area contributed by atoms with Gasteiger partial charge in [0.1, 0.15) is 0 Å². The molecule has 2 N–H and O–H groups in total. The highest BCUT2D eigenvalue weighted by molar-refractivity contribution is 5.09. The summed E-state index contributed by atoms with van der Waals surface area (Å²) in [5.41, 5.74) is 8.61. The number of aryl methyl sites for hydroxylation is 2. The summed E-state index contributed by atoms with van der Waals surface area (Å²) >= 11 is 0. The first-order chi connectivity index (χ1) is 8.63. The van der Waals surface area contributed by atoms with Gasteiger partial charge in [-0.25, -0.2) is 0 Å². The second kappa shape index (κ2) is 5.85. The average Bonchev–Trinajstić information content (AvgIpc) is 2.72. The lowest BCUT2D eigenvalue weighted by molar-refractivity contribution is 0.142. The van der Waals surface area contributed by atoms with Gasteiger partial charge in [0.25, 0.3) is 0 Å². The van der Waals surface area contributed by atoms with Crippen LogP contribution in [0, 0.1) is 12.8 Å². The van der Waals surface area contributed by atoms with E-state index in [0.29, 0.717) is 12.0 Å². The fraction of sp³-hybridized carbons (Fsp3) is 0.786. The van der Waals surface area contributed by atoms with Crippen molar-refractivity contribution in [2.75, 3.05) is 13.1 Å². The van der Waals surface area contributed by atoms with Crippen molar-refractivity contribution in [3.8, 4) is 0 Å². The minimum atomic E-state index is 0.393. The van der Waals surface area contributed by atoms with E-state index in [9.17, 15) is 0 Å². The van der Waals surface area contributed by atoms with E-state index in [1.165, 1.54) is 12.1 Å². The molecule has 0 bridgehead atoms. The summed E-state index contributed by atoms with van der Waals surface area (Å²) in [7, 11) is 0. The summed E-state index contributed by atoms with van der Waals surface area (Å²) in [4.78, 5) is 2.53. The molecule has 1 aromatic rings. The molecule has 0 amide bonds. The van der Waals surface area contributed by atoms with Gasteiger partial charge >= 0.3 is 0 Å². The third-order valence-corrected chi connectivity index (χ3v) is 4.07. The predicted octanol–water partition coefficient (Wildman–Crippen LogP) is 1.77. The Kier molecular flexibility index (Phi) is 4.40. The van der Waals surface area contributed by atoms with Crippen molar-refractivity contribution in [1.29, 1.82) is 0 Å². The topological polar surface area (TPSA) is 47.1 Å². The van der Waals surface area contributed by atoms with Crippen LogP contribution in [0.1, 0.15) is 38.1 Å². The summed E-state index contributed by atoms with van der Waals surface area (Å²) in [5.74, 6) is 0.651. The van der Waals surface area contributed by atoms with Crippen LogP contribution in [-0.2, 0) is 13.1 Å². The quantitative estimate of drug-likeness (QED) is 0.886. The van der Waals surface area contributed by atoms with Crippen molar-refractivity contribution in [3.05, 3.63) is 17.5 Å². The van der Waals surface area contributed by atoms with Crippen LogP contribution < -0.4 is 5.73 Å². The Morgan fingerprint density at radius 1 is 1.44 bits per heavy atom. The van der Waals surface area contributed by atoms with Gasteiger partial charge in [-0.1, -0.05) is 13.3 Å². The molecule has 1 fully saturated rings. The van der Waals surface area contributed by atoms with Crippen molar-refractivity contribution in [2.45, 2.75) is 52.7 Å². The van der Waals surface area contributed by atoms with E-state index in [4.69, 9.17) is 5.73 Å². The number of hydrogen-bond acceptors (Lipinski definition) is 3. The number of nitrogens with zero attached hydrogens (tertiary/aromatic N) is 3. The van der Waals surface area contributed by atoms with Gasteiger partial charge in [0, 0.05) is 32.2 Å². The van der Waals surface area contributed by atoms with E-state index in [2.05, 4.69) is 41.5 Å². The Morgan fingerprint density at radius 3 is 2.89 bits per heavy atom. The van der Waals surface area contributed by atoms with Crippen LogP contribution in [0.2, 0.25) is 0 Å². The molecule has 1 aliphatic heterocycles. The summed E-state index contributed by atoms with van der Waals surface area (Å²) in [5, 5.41) is 4.51. The van der Waals surface area contributed by atoms with Crippen LogP contribution in [-0.4, -0.2) is 33.8 Å². The molecule has 2 heterocycles. The summed E-state index contributed by atoms with van der Waals surface area (Å²) in [6.07, 6.45) is 2.31. The first-order valence-corrected chi connectivity index (χ1v) is 7.15. The number of aromatic nitrogens is 2. The molecule has 0 saturated carbocycles. The molecular formula is C14H26N4. The fourth-order valence-electron chi connectivity index (χ4n) is 2.93. The first-order valence-electron chi connectivity index (χ1n) is 7.15. The lowest BCUT2D eigenvalue weighted by Gasteiger charge is -2.36. The maximum atomic E-state index is 6.16. The van der Waals surface area contributed by atoms with Crippen molar-refractivity contribution >= 4 is 0 Å². The number of nitrogens with two attached hydrogens (primary N) is 1. The molecule has 1 aliphatic rings. The van der Waals surface area contributed by atoms with Crippen LogP contribution in [0.25, 0.3) is 0 Å². The molecule has 1 aromatic heterocycles. The van der Waals surface area contributed by atoms with Crippen molar-refractivity contribution in [3.63, 3.8) is 0 Å². The predicted molar refractivity (Wildman–Crippen MR) is 74.3 cm³/mol. The molecule has 0 radical (unpaired) electrons. The van der Waals surface area contributed by atoms with Crippen LogP contribution in [0.4, 0.5) is 0 Å².